The molecule has 0 saturated carbocycles. The molecule has 0 saturated heterocycles. The van der Waals surface area contributed by atoms with Gasteiger partial charge in [0.25, 0.3) is 11.8 Å². The Bertz CT molecular complexity index is 1610. The summed E-state index contributed by atoms with van der Waals surface area (Å²) in [7, 11) is 1.84. The van der Waals surface area contributed by atoms with E-state index in [1.807, 2.05) is 50.5 Å². The third-order valence-electron chi connectivity index (χ3n) is 6.17. The molecule has 11 nitrogen and oxygen atoms in total. The van der Waals surface area contributed by atoms with Crippen LogP contribution >= 0.6 is 0 Å². The van der Waals surface area contributed by atoms with E-state index in [2.05, 4.69) is 21.3 Å². The number of para-hydroxylation sites is 1. The van der Waals surface area contributed by atoms with Crippen LogP contribution in [0, 0.1) is 0 Å². The molecular weight excluding hydrogens is 510 g/mol. The molecule has 4 rings (SSSR count). The van der Waals surface area contributed by atoms with E-state index in [4.69, 9.17) is 10.7 Å². The molecule has 1 atom stereocenters. The average molecular weight is 540 g/mol. The smallest absolute Gasteiger partial charge is 0.262 e. The van der Waals surface area contributed by atoms with Crippen LogP contribution in [-0.2, 0) is 27.9 Å². The Labute approximate surface area is 230 Å². The summed E-state index contributed by atoms with van der Waals surface area (Å²) in [5.41, 5.74) is 13.8. The highest BCUT2D eigenvalue weighted by Gasteiger charge is 2.19. The van der Waals surface area contributed by atoms with E-state index in [-0.39, 0.29) is 24.8 Å². The van der Waals surface area contributed by atoms with Gasteiger partial charge < -0.3 is 11.1 Å². The molecule has 2 aromatic carbocycles. The molecule has 0 radical (unpaired) electrons. The normalized spacial score (nSPS) is 11.8. The van der Waals surface area contributed by atoms with Gasteiger partial charge in [0.2, 0.25) is 11.8 Å². The van der Waals surface area contributed by atoms with E-state index >= 15 is 0 Å². The van der Waals surface area contributed by atoms with Gasteiger partial charge in [-0.25, -0.2) is 4.98 Å². The van der Waals surface area contributed by atoms with Crippen molar-refractivity contribution in [2.24, 2.45) is 12.8 Å². The van der Waals surface area contributed by atoms with Crippen LogP contribution in [0.2, 0.25) is 0 Å². The number of pyridine rings is 1. The third-order valence-corrected chi connectivity index (χ3v) is 6.17. The van der Waals surface area contributed by atoms with Crippen LogP contribution in [0.1, 0.15) is 40.9 Å². The number of aromatic nitrogens is 3. The molecule has 0 spiro atoms. The number of carbonyl (C=O) groups is 4. The number of fused-ring (bicyclic) bond motifs is 1. The van der Waals surface area contributed by atoms with Gasteiger partial charge >= 0.3 is 0 Å². The number of hydrogen-bond donors (Lipinski definition) is 4. The van der Waals surface area contributed by atoms with Crippen molar-refractivity contribution in [3.8, 4) is 11.3 Å². The molecule has 0 aliphatic carbocycles. The molecule has 4 amide bonds. The summed E-state index contributed by atoms with van der Waals surface area (Å²) >= 11 is 0. The first-order valence-electron chi connectivity index (χ1n) is 12.5. The number of hydrazine groups is 1. The van der Waals surface area contributed by atoms with Crippen molar-refractivity contribution in [2.45, 2.75) is 25.8 Å². The van der Waals surface area contributed by atoms with Crippen molar-refractivity contribution in [2.75, 3.05) is 0 Å². The van der Waals surface area contributed by atoms with Crippen LogP contribution in [0.5, 0.6) is 0 Å². The molecule has 0 bridgehead atoms. The number of primary amides is 1. The van der Waals surface area contributed by atoms with Gasteiger partial charge in [0.05, 0.1) is 23.4 Å². The Morgan fingerprint density at radius 3 is 2.52 bits per heavy atom. The second-order valence-corrected chi connectivity index (χ2v) is 9.14. The fourth-order valence-corrected chi connectivity index (χ4v) is 4.22. The number of hydrogen-bond acceptors (Lipinski definition) is 6. The number of aryl methyl sites for hydroxylation is 2. The topological polar surface area (TPSA) is 161 Å². The molecule has 204 valence electrons. The Kier molecular flexibility index (Phi) is 8.65. The zero-order valence-corrected chi connectivity index (χ0v) is 22.0. The van der Waals surface area contributed by atoms with Crippen molar-refractivity contribution in [3.05, 3.63) is 95.8 Å². The van der Waals surface area contributed by atoms with Crippen molar-refractivity contribution in [1.82, 2.24) is 30.9 Å². The number of carbonyl (C=O) groups excluding carboxylic acids is 4. The lowest BCUT2D eigenvalue weighted by molar-refractivity contribution is -0.126. The van der Waals surface area contributed by atoms with Gasteiger partial charge in [-0.3, -0.25) is 34.7 Å². The zero-order chi connectivity index (χ0) is 28.6. The van der Waals surface area contributed by atoms with Gasteiger partial charge in [0.1, 0.15) is 0 Å². The van der Waals surface area contributed by atoms with Crippen LogP contribution in [0.15, 0.2) is 79.1 Å². The summed E-state index contributed by atoms with van der Waals surface area (Å²) < 4.78 is 1.71. The van der Waals surface area contributed by atoms with Gasteiger partial charge in [0.15, 0.2) is 0 Å². The summed E-state index contributed by atoms with van der Waals surface area (Å²) in [5.74, 6) is -2.22. The van der Waals surface area contributed by atoms with Crippen molar-refractivity contribution < 1.29 is 19.2 Å². The minimum absolute atomic E-state index is 0.0170. The Hall–Kier alpha value is -5.32. The molecule has 2 aromatic heterocycles. The number of nitrogens with two attached hydrogens (primary N) is 1. The monoisotopic (exact) mass is 539 g/mol. The molecule has 11 heteroatoms. The largest absolute Gasteiger partial charge is 0.366 e. The Balaban J connectivity index is 1.47. The van der Waals surface area contributed by atoms with Gasteiger partial charge in [-0.15, -0.1) is 0 Å². The quantitative estimate of drug-likeness (QED) is 0.188. The van der Waals surface area contributed by atoms with Gasteiger partial charge in [-0.2, -0.15) is 5.10 Å². The number of rotatable bonds is 9. The molecule has 0 aliphatic heterocycles. The highest BCUT2D eigenvalue weighted by molar-refractivity contribution is 5.97. The first-order chi connectivity index (χ1) is 19.2. The summed E-state index contributed by atoms with van der Waals surface area (Å²) in [6.45, 7) is 1.91. The number of benzene rings is 2. The van der Waals surface area contributed by atoms with E-state index in [0.29, 0.717) is 11.1 Å². The number of nitrogens with one attached hydrogen (secondary N) is 3. The fraction of sp³-hybridized carbons (Fsp3) is 0.172. The highest BCUT2D eigenvalue weighted by atomic mass is 16.2. The van der Waals surface area contributed by atoms with Crippen molar-refractivity contribution in [1.29, 1.82) is 0 Å². The van der Waals surface area contributed by atoms with E-state index in [0.717, 1.165) is 39.9 Å². The van der Waals surface area contributed by atoms with E-state index in [1.54, 1.807) is 35.1 Å². The Morgan fingerprint density at radius 2 is 1.77 bits per heavy atom. The van der Waals surface area contributed by atoms with E-state index in [1.165, 1.54) is 0 Å². The standard InChI is InChI=1S/C29H29N7O4/c1-18(23-15-25(20-16-31-36(2)17-20)33-24-10-6-5-9-22(23)24)32-29(40)21-8-4-3-7-19(21)11-13-27(38)34-35-28(39)14-12-26(30)37/h3-10,12,14-18H,11,13H2,1-2H3,(H2,30,37)(H,32,40)(H,34,38)(H,35,39)/b14-12+/t18-/m1/s1. The number of nitrogens with zero attached hydrogens (tertiary/aromatic N) is 3. The van der Waals surface area contributed by atoms with Gasteiger partial charge in [0, 0.05) is 48.3 Å². The van der Waals surface area contributed by atoms with E-state index in [9.17, 15) is 19.2 Å². The zero-order valence-electron chi connectivity index (χ0n) is 22.0. The SMILES string of the molecule is C[C@@H](NC(=O)c1ccccc1CCC(=O)NNC(=O)/C=C/C(N)=O)c1cc(-c2cnn(C)c2)nc2ccccc12. The van der Waals surface area contributed by atoms with E-state index < -0.39 is 17.7 Å². The summed E-state index contributed by atoms with van der Waals surface area (Å²) in [6.07, 6.45) is 5.71. The van der Waals surface area contributed by atoms with Crippen LogP contribution in [0.4, 0.5) is 0 Å². The van der Waals surface area contributed by atoms with Crippen LogP contribution in [0.25, 0.3) is 22.2 Å². The molecule has 0 unspecified atom stereocenters. The average Bonchev–Trinajstić information content (AvgIpc) is 3.39. The van der Waals surface area contributed by atoms with Gasteiger partial charge in [-0.1, -0.05) is 36.4 Å². The molecule has 40 heavy (non-hydrogen) atoms. The van der Waals surface area contributed by atoms with Gasteiger partial charge in [-0.05, 0) is 42.7 Å². The molecule has 5 N–H and O–H groups in total. The minimum Gasteiger partial charge on any atom is -0.366 e. The maximum atomic E-state index is 13.4. The van der Waals surface area contributed by atoms with Crippen LogP contribution < -0.4 is 21.9 Å². The summed E-state index contributed by atoms with van der Waals surface area (Å²) in [4.78, 5) is 52.7. The predicted molar refractivity (Wildman–Crippen MR) is 149 cm³/mol. The number of amides is 4. The van der Waals surface area contributed by atoms with Crippen molar-refractivity contribution >= 4 is 34.5 Å². The lowest BCUT2D eigenvalue weighted by atomic mass is 9.98. The Morgan fingerprint density at radius 1 is 1.02 bits per heavy atom. The lowest BCUT2D eigenvalue weighted by Gasteiger charge is -2.19. The highest BCUT2D eigenvalue weighted by Crippen LogP contribution is 2.29. The van der Waals surface area contributed by atoms with Crippen LogP contribution in [-0.4, -0.2) is 38.4 Å². The maximum Gasteiger partial charge on any atom is 0.262 e. The molecule has 0 aliphatic rings. The van der Waals surface area contributed by atoms with Crippen molar-refractivity contribution in [3.63, 3.8) is 0 Å². The molecule has 0 fully saturated rings. The minimum atomic E-state index is -0.781. The molecule has 2 heterocycles. The first kappa shape index (κ1) is 27.7. The second-order valence-electron chi connectivity index (χ2n) is 9.14. The first-order valence-corrected chi connectivity index (χ1v) is 12.5. The lowest BCUT2D eigenvalue weighted by Crippen LogP contribution is -2.41. The molecule has 4 aromatic rings. The predicted octanol–water partition coefficient (Wildman–Crippen LogP) is 2.25. The summed E-state index contributed by atoms with van der Waals surface area (Å²) in [5, 5.41) is 8.27. The molecular formula is C29H29N7O4. The maximum absolute atomic E-state index is 13.4. The third kappa shape index (κ3) is 6.95. The fourth-order valence-electron chi connectivity index (χ4n) is 4.22. The summed E-state index contributed by atoms with van der Waals surface area (Å²) in [6, 6.07) is 16.4. The second kappa shape index (κ2) is 12.5. The van der Waals surface area contributed by atoms with Crippen LogP contribution in [0.3, 0.4) is 0 Å².